The molecule has 4 aromatic heterocycles. The number of benzene rings is 1. The van der Waals surface area contributed by atoms with Crippen molar-refractivity contribution in [3.05, 3.63) is 149 Å². The summed E-state index contributed by atoms with van der Waals surface area (Å²) in [5, 5.41) is 14.7. The van der Waals surface area contributed by atoms with E-state index in [-0.39, 0.29) is 12.2 Å². The number of aromatic nitrogens is 4. The Hall–Kier alpha value is -5.72. The summed E-state index contributed by atoms with van der Waals surface area (Å²) in [5.41, 5.74) is 4.69. The maximum absolute atomic E-state index is 13.0. The summed E-state index contributed by atoms with van der Waals surface area (Å²) in [6.07, 6.45) is 6.38. The zero-order valence-corrected chi connectivity index (χ0v) is 30.7. The van der Waals surface area contributed by atoms with Gasteiger partial charge in [-0.3, -0.25) is 29.7 Å². The highest BCUT2D eigenvalue weighted by Gasteiger charge is 2.27. The van der Waals surface area contributed by atoms with E-state index in [9.17, 15) is 14.7 Å². The molecule has 0 saturated heterocycles. The molecule has 0 aliphatic carbocycles. The minimum absolute atomic E-state index is 0.0904. The predicted octanol–water partition coefficient (Wildman–Crippen LogP) is 5.99. The molecule has 0 spiro atoms. The third-order valence-corrected chi connectivity index (χ3v) is 8.18. The number of carbonyl (C=O) groups excluding carboxylic acids is 2. The summed E-state index contributed by atoms with van der Waals surface area (Å²) in [6, 6.07) is 25.8. The van der Waals surface area contributed by atoms with E-state index in [0.29, 0.717) is 56.0 Å². The van der Waals surface area contributed by atoms with Crippen LogP contribution in [0.4, 0.5) is 4.79 Å². The standard InChI is InChI=1S/C41H47N7O5/c1-41(2,3)53-40(51)46-37(39(50)52-4)23-30-21-31(24-47(26-33-13-5-9-17-42-33)27-34-14-6-10-18-43-34)38(49)32(22-30)25-48(28-35-15-7-11-19-44-35)29-36-16-8-12-20-45-36/h5-22,37,49H,23-29H2,1-4H3,(H,46,51). The number of phenolic OH excluding ortho intramolecular Hbond substituents is 1. The van der Waals surface area contributed by atoms with E-state index < -0.39 is 23.7 Å². The molecule has 1 aromatic carbocycles. The Bertz CT molecular complexity index is 1700. The third kappa shape index (κ3) is 12.5. The van der Waals surface area contributed by atoms with Gasteiger partial charge in [0.1, 0.15) is 17.4 Å². The number of pyridine rings is 4. The van der Waals surface area contributed by atoms with E-state index in [0.717, 1.165) is 22.8 Å². The first-order chi connectivity index (χ1) is 25.5. The fraction of sp³-hybridized carbons (Fsp3) is 0.317. The van der Waals surface area contributed by atoms with E-state index in [1.165, 1.54) is 7.11 Å². The van der Waals surface area contributed by atoms with Crippen LogP contribution in [-0.2, 0) is 60.0 Å². The molecule has 5 aromatic rings. The Morgan fingerprint density at radius 1 is 0.679 bits per heavy atom. The van der Waals surface area contributed by atoms with Gasteiger partial charge in [-0.1, -0.05) is 36.4 Å². The van der Waals surface area contributed by atoms with Crippen molar-refractivity contribution < 1.29 is 24.2 Å². The fourth-order valence-electron chi connectivity index (χ4n) is 5.91. The summed E-state index contributed by atoms with van der Waals surface area (Å²) in [4.78, 5) is 48.4. The number of amides is 1. The zero-order chi connectivity index (χ0) is 37.6. The summed E-state index contributed by atoms with van der Waals surface area (Å²) >= 11 is 0. The normalized spacial score (nSPS) is 12.0. The molecule has 276 valence electrons. The van der Waals surface area contributed by atoms with Crippen LogP contribution in [0.25, 0.3) is 0 Å². The molecule has 0 fully saturated rings. The second-order valence-electron chi connectivity index (χ2n) is 13.8. The second kappa shape index (κ2) is 18.7. The molecule has 5 rings (SSSR count). The zero-order valence-electron chi connectivity index (χ0n) is 30.7. The molecule has 53 heavy (non-hydrogen) atoms. The van der Waals surface area contributed by atoms with Gasteiger partial charge in [0.2, 0.25) is 0 Å². The van der Waals surface area contributed by atoms with Crippen LogP contribution in [-0.4, -0.2) is 65.7 Å². The number of ether oxygens (including phenoxy) is 2. The van der Waals surface area contributed by atoms with Crippen LogP contribution in [0.5, 0.6) is 5.75 Å². The van der Waals surface area contributed by atoms with Crippen molar-refractivity contribution in [3.63, 3.8) is 0 Å². The van der Waals surface area contributed by atoms with E-state index in [2.05, 4.69) is 35.1 Å². The number of hydrogen-bond acceptors (Lipinski definition) is 11. The van der Waals surface area contributed by atoms with Crippen molar-refractivity contribution in [2.45, 2.75) is 78.1 Å². The number of alkyl carbamates (subject to hydrolysis) is 1. The molecule has 4 heterocycles. The van der Waals surface area contributed by atoms with E-state index >= 15 is 0 Å². The van der Waals surface area contributed by atoms with Crippen LogP contribution in [0.1, 0.15) is 60.2 Å². The van der Waals surface area contributed by atoms with Gasteiger partial charge in [0, 0.05) is 81.6 Å². The number of nitrogens with one attached hydrogen (secondary N) is 1. The highest BCUT2D eigenvalue weighted by Crippen LogP contribution is 2.30. The van der Waals surface area contributed by atoms with Gasteiger partial charge in [-0.15, -0.1) is 0 Å². The number of nitrogens with zero attached hydrogens (tertiary/aromatic N) is 6. The van der Waals surface area contributed by atoms with Gasteiger partial charge in [0.05, 0.1) is 29.9 Å². The Morgan fingerprint density at radius 2 is 1.08 bits per heavy atom. The lowest BCUT2D eigenvalue weighted by molar-refractivity contribution is -0.143. The first kappa shape index (κ1) is 38.5. The fourth-order valence-corrected chi connectivity index (χ4v) is 5.91. The second-order valence-corrected chi connectivity index (χ2v) is 13.8. The molecule has 0 aliphatic heterocycles. The van der Waals surface area contributed by atoms with Crippen LogP contribution in [0.15, 0.2) is 110 Å². The van der Waals surface area contributed by atoms with Crippen LogP contribution in [0.3, 0.4) is 0 Å². The summed E-state index contributed by atoms with van der Waals surface area (Å²) in [5.74, 6) is -0.492. The number of esters is 1. The number of rotatable bonds is 16. The lowest BCUT2D eigenvalue weighted by Crippen LogP contribution is -2.45. The van der Waals surface area contributed by atoms with Crippen molar-refractivity contribution in [1.29, 1.82) is 0 Å². The molecule has 0 bridgehead atoms. The van der Waals surface area contributed by atoms with Gasteiger partial charge in [-0.05, 0) is 74.9 Å². The van der Waals surface area contributed by atoms with Gasteiger partial charge in [0.15, 0.2) is 0 Å². The number of carbonyl (C=O) groups is 2. The maximum atomic E-state index is 13.0. The van der Waals surface area contributed by atoms with Crippen LogP contribution < -0.4 is 5.32 Å². The summed E-state index contributed by atoms with van der Waals surface area (Å²) < 4.78 is 10.6. The number of methoxy groups -OCH3 is 1. The van der Waals surface area contributed by atoms with Gasteiger partial charge in [0.25, 0.3) is 0 Å². The average molecular weight is 718 g/mol. The largest absolute Gasteiger partial charge is 0.507 e. The third-order valence-electron chi connectivity index (χ3n) is 8.18. The first-order valence-corrected chi connectivity index (χ1v) is 17.5. The molecule has 12 heteroatoms. The Balaban J connectivity index is 1.53. The molecule has 0 aliphatic rings. The summed E-state index contributed by atoms with van der Waals surface area (Å²) in [6.45, 7) is 7.90. The molecule has 0 saturated carbocycles. The van der Waals surface area contributed by atoms with Crippen molar-refractivity contribution in [2.24, 2.45) is 0 Å². The lowest BCUT2D eigenvalue weighted by atomic mass is 9.97. The Kier molecular flexibility index (Phi) is 13.6. The number of hydrogen-bond donors (Lipinski definition) is 2. The molecule has 12 nitrogen and oxygen atoms in total. The molecular formula is C41H47N7O5. The monoisotopic (exact) mass is 717 g/mol. The van der Waals surface area contributed by atoms with E-state index in [1.807, 2.05) is 84.9 Å². The SMILES string of the molecule is COC(=O)C(Cc1cc(CN(Cc2ccccn2)Cc2ccccn2)c(O)c(CN(Cc2ccccn2)Cc2ccccn2)c1)NC(=O)OC(C)(C)C. The average Bonchev–Trinajstić information content (AvgIpc) is 3.13. The van der Waals surface area contributed by atoms with E-state index in [4.69, 9.17) is 9.47 Å². The van der Waals surface area contributed by atoms with Crippen LogP contribution in [0.2, 0.25) is 0 Å². The molecule has 1 amide bonds. The van der Waals surface area contributed by atoms with Gasteiger partial charge >= 0.3 is 12.1 Å². The predicted molar refractivity (Wildman–Crippen MR) is 200 cm³/mol. The van der Waals surface area contributed by atoms with E-state index in [1.54, 1.807) is 45.6 Å². The van der Waals surface area contributed by atoms with Gasteiger partial charge in [-0.25, -0.2) is 9.59 Å². The van der Waals surface area contributed by atoms with Crippen LogP contribution in [0, 0.1) is 0 Å². The highest BCUT2D eigenvalue weighted by atomic mass is 16.6. The minimum Gasteiger partial charge on any atom is -0.507 e. The lowest BCUT2D eigenvalue weighted by Gasteiger charge is -2.26. The molecule has 1 unspecified atom stereocenters. The minimum atomic E-state index is -1.05. The molecular weight excluding hydrogens is 670 g/mol. The Labute approximate surface area is 310 Å². The van der Waals surface area contributed by atoms with Crippen molar-refractivity contribution in [3.8, 4) is 5.75 Å². The van der Waals surface area contributed by atoms with Gasteiger partial charge < -0.3 is 19.9 Å². The van der Waals surface area contributed by atoms with Crippen molar-refractivity contribution in [2.75, 3.05) is 7.11 Å². The van der Waals surface area contributed by atoms with Crippen molar-refractivity contribution >= 4 is 12.1 Å². The Morgan fingerprint density at radius 3 is 1.40 bits per heavy atom. The smallest absolute Gasteiger partial charge is 0.408 e. The molecule has 2 N–H and O–H groups in total. The number of aromatic hydroxyl groups is 1. The van der Waals surface area contributed by atoms with Crippen molar-refractivity contribution in [1.82, 2.24) is 35.1 Å². The topological polar surface area (TPSA) is 143 Å². The van der Waals surface area contributed by atoms with Gasteiger partial charge in [-0.2, -0.15) is 0 Å². The molecule has 1 atom stereocenters. The number of phenols is 1. The highest BCUT2D eigenvalue weighted by molar-refractivity contribution is 5.81. The summed E-state index contributed by atoms with van der Waals surface area (Å²) in [7, 11) is 1.28. The quantitative estimate of drug-likeness (QED) is 0.116. The van der Waals surface area contributed by atoms with Crippen LogP contribution >= 0.6 is 0 Å². The maximum Gasteiger partial charge on any atom is 0.408 e. The molecule has 0 radical (unpaired) electrons. The first-order valence-electron chi connectivity index (χ1n) is 17.5.